The normalized spacial score (nSPS) is 13.9. The molecule has 0 aromatic carbocycles. The van der Waals surface area contributed by atoms with Crippen molar-refractivity contribution in [2.45, 2.75) is 290 Å². The van der Waals surface area contributed by atoms with E-state index in [1.54, 1.807) is 0 Å². The van der Waals surface area contributed by atoms with E-state index in [-0.39, 0.29) is 38.6 Å². The molecule has 0 amide bonds. The molecule has 3 N–H and O–H groups in total. The van der Waals surface area contributed by atoms with E-state index >= 15 is 0 Å². The molecule has 2 atom stereocenters. The van der Waals surface area contributed by atoms with Crippen LogP contribution < -0.4 is 5.73 Å². The molecule has 0 aliphatic heterocycles. The van der Waals surface area contributed by atoms with Crippen LogP contribution in [0.25, 0.3) is 0 Å². The number of phosphoric ester groups is 1. The molecule has 0 rings (SSSR count). The third kappa shape index (κ3) is 68.9. The van der Waals surface area contributed by atoms with E-state index in [0.29, 0.717) is 6.42 Å². The Morgan fingerprint density at radius 3 is 0.965 bits per heavy atom. The molecule has 0 saturated heterocycles. The van der Waals surface area contributed by atoms with Crippen molar-refractivity contribution in [3.8, 4) is 0 Å². The summed E-state index contributed by atoms with van der Waals surface area (Å²) >= 11 is 0. The fourth-order valence-corrected chi connectivity index (χ4v) is 9.93. The van der Waals surface area contributed by atoms with Crippen LogP contribution in [0.3, 0.4) is 0 Å². The summed E-state index contributed by atoms with van der Waals surface area (Å²) in [5.74, 6) is -0.844. The van der Waals surface area contributed by atoms with Gasteiger partial charge in [-0.25, -0.2) is 4.57 Å². The van der Waals surface area contributed by atoms with Crippen molar-refractivity contribution in [1.29, 1.82) is 0 Å². The maximum Gasteiger partial charge on any atom is 0.472 e. The monoisotopic (exact) mass is 1200 g/mol. The standard InChI is InChI=1S/C75H126NO8P/c1-3-5-7-9-11-13-15-17-19-21-23-25-27-29-31-33-34-35-36-37-38-40-42-44-46-48-50-52-54-56-58-60-62-64-66-68-75(78)84-73(72-83-85(79,80)82-70-69-76)71-81-74(77)67-65-63-61-59-57-55-53-51-49-47-45-43-41-39-32-30-28-26-24-22-20-18-16-14-12-10-8-6-4-2/h5,7,11,13,16-19,22-25,28-31,34-35,37-38,42,44,48,50,73H,3-4,6,8-10,12,14-15,20-21,26-27,32-33,36,39-41,43,45-47,49,51-72,76H2,1-2H3,(H,79,80)/b7-5-,13-11-,18-16-,19-17-,24-22-,25-23-,30-28-,31-29-,35-34-,38-37-,44-42-,50-48-. The zero-order chi connectivity index (χ0) is 61.6. The zero-order valence-electron chi connectivity index (χ0n) is 54.3. The summed E-state index contributed by atoms with van der Waals surface area (Å²) in [6.45, 7) is 3.61. The number of allylic oxidation sites excluding steroid dienone is 24. The number of ether oxygens (including phenoxy) is 2. The highest BCUT2D eigenvalue weighted by Crippen LogP contribution is 2.43. The van der Waals surface area contributed by atoms with E-state index in [1.807, 2.05) is 0 Å². The lowest BCUT2D eigenvalue weighted by Crippen LogP contribution is -2.29. The Labute approximate surface area is 522 Å². The van der Waals surface area contributed by atoms with Crippen molar-refractivity contribution in [2.24, 2.45) is 5.73 Å². The molecule has 10 heteroatoms. The van der Waals surface area contributed by atoms with Gasteiger partial charge in [0.1, 0.15) is 6.61 Å². The van der Waals surface area contributed by atoms with Crippen LogP contribution >= 0.6 is 7.82 Å². The molecule has 0 heterocycles. The minimum Gasteiger partial charge on any atom is -0.462 e. The van der Waals surface area contributed by atoms with E-state index in [9.17, 15) is 19.0 Å². The van der Waals surface area contributed by atoms with E-state index < -0.39 is 26.5 Å². The number of esters is 2. The second-order valence-corrected chi connectivity index (χ2v) is 23.8. The summed E-state index contributed by atoms with van der Waals surface area (Å²) in [5.41, 5.74) is 5.40. The lowest BCUT2D eigenvalue weighted by molar-refractivity contribution is -0.161. The van der Waals surface area contributed by atoms with Gasteiger partial charge in [-0.05, 0) is 122 Å². The number of unbranched alkanes of at least 4 members (excludes halogenated alkanes) is 26. The Balaban J connectivity index is 3.99. The SMILES string of the molecule is CC/C=C\C/C=C\C/C=C\C/C=C\C/C=C\C/C=C\C/C=C\C/C=C\C/C=C\CCCCCCCCCC(=O)OC(COC(=O)CCCCCCCCCCCCCCCC/C=C\C/C=C\C/C=C\CCCCCCC)COP(=O)(O)OCCN. The van der Waals surface area contributed by atoms with Crippen LogP contribution in [0.1, 0.15) is 284 Å². The summed E-state index contributed by atoms with van der Waals surface area (Å²) < 4.78 is 33.2. The molecular weight excluding hydrogens is 1070 g/mol. The molecule has 2 unspecified atom stereocenters. The van der Waals surface area contributed by atoms with Crippen molar-refractivity contribution in [1.82, 2.24) is 0 Å². The number of phosphoric acid groups is 1. The van der Waals surface area contributed by atoms with E-state index in [0.717, 1.165) is 122 Å². The number of rotatable bonds is 63. The van der Waals surface area contributed by atoms with Gasteiger partial charge in [0.25, 0.3) is 0 Å². The van der Waals surface area contributed by atoms with Gasteiger partial charge in [-0.1, -0.05) is 295 Å². The average Bonchev–Trinajstić information content (AvgIpc) is 3.52. The first-order chi connectivity index (χ1) is 41.8. The summed E-state index contributed by atoms with van der Waals surface area (Å²) in [6.07, 6.45) is 99.2. The molecule has 0 aromatic rings. The topological polar surface area (TPSA) is 134 Å². The zero-order valence-corrected chi connectivity index (χ0v) is 55.2. The van der Waals surface area contributed by atoms with Crippen LogP contribution in [-0.4, -0.2) is 49.3 Å². The van der Waals surface area contributed by atoms with Crippen LogP contribution in [0, 0.1) is 0 Å². The molecule has 0 spiro atoms. The quantitative estimate of drug-likeness (QED) is 0.0264. The van der Waals surface area contributed by atoms with Crippen LogP contribution in [0.5, 0.6) is 0 Å². The van der Waals surface area contributed by atoms with Crippen molar-refractivity contribution in [2.75, 3.05) is 26.4 Å². The molecule has 0 aromatic heterocycles. The summed E-state index contributed by atoms with van der Waals surface area (Å²) in [4.78, 5) is 35.4. The third-order valence-electron chi connectivity index (χ3n) is 14.2. The molecule has 0 saturated carbocycles. The Morgan fingerprint density at radius 2 is 0.647 bits per heavy atom. The van der Waals surface area contributed by atoms with Crippen LogP contribution in [-0.2, 0) is 32.7 Å². The number of nitrogens with two attached hydrogens (primary N) is 1. The fraction of sp³-hybridized carbons (Fsp3) is 0.653. The molecule has 0 aliphatic carbocycles. The van der Waals surface area contributed by atoms with Gasteiger partial charge in [0.05, 0.1) is 13.2 Å². The van der Waals surface area contributed by atoms with Gasteiger partial charge in [-0.3, -0.25) is 18.6 Å². The van der Waals surface area contributed by atoms with Gasteiger partial charge in [0.15, 0.2) is 6.10 Å². The Morgan fingerprint density at radius 1 is 0.365 bits per heavy atom. The smallest absolute Gasteiger partial charge is 0.462 e. The van der Waals surface area contributed by atoms with Crippen molar-refractivity contribution in [3.05, 3.63) is 146 Å². The highest BCUT2D eigenvalue weighted by Gasteiger charge is 2.26. The molecule has 9 nitrogen and oxygen atoms in total. The van der Waals surface area contributed by atoms with E-state index in [1.165, 1.54) is 128 Å². The number of hydrogen-bond donors (Lipinski definition) is 2. The lowest BCUT2D eigenvalue weighted by atomic mass is 10.0. The fourth-order valence-electron chi connectivity index (χ4n) is 9.17. The molecule has 484 valence electrons. The maximum absolute atomic E-state index is 12.8. The highest BCUT2D eigenvalue weighted by atomic mass is 31.2. The summed E-state index contributed by atoms with van der Waals surface area (Å²) in [5, 5.41) is 0. The lowest BCUT2D eigenvalue weighted by Gasteiger charge is -2.19. The van der Waals surface area contributed by atoms with Gasteiger partial charge in [0.2, 0.25) is 0 Å². The van der Waals surface area contributed by atoms with Crippen LogP contribution in [0.4, 0.5) is 0 Å². The van der Waals surface area contributed by atoms with E-state index in [2.05, 4.69) is 160 Å². The second-order valence-electron chi connectivity index (χ2n) is 22.3. The number of carbonyl (C=O) groups excluding carboxylic acids is 2. The predicted octanol–water partition coefficient (Wildman–Crippen LogP) is 22.6. The van der Waals surface area contributed by atoms with Gasteiger partial charge < -0.3 is 20.1 Å². The van der Waals surface area contributed by atoms with E-state index in [4.69, 9.17) is 24.3 Å². The van der Waals surface area contributed by atoms with Crippen molar-refractivity contribution < 1.29 is 37.6 Å². The molecule has 0 aliphatic rings. The predicted molar refractivity (Wildman–Crippen MR) is 367 cm³/mol. The third-order valence-corrected chi connectivity index (χ3v) is 15.2. The summed E-state index contributed by atoms with van der Waals surface area (Å²) in [6, 6.07) is 0. The molecular formula is C75H126NO8P. The van der Waals surface area contributed by atoms with Crippen molar-refractivity contribution >= 4 is 19.8 Å². The van der Waals surface area contributed by atoms with Gasteiger partial charge in [-0.15, -0.1) is 0 Å². The molecule has 0 radical (unpaired) electrons. The van der Waals surface area contributed by atoms with Crippen molar-refractivity contribution in [3.63, 3.8) is 0 Å². The summed E-state index contributed by atoms with van der Waals surface area (Å²) in [7, 11) is -4.41. The first-order valence-electron chi connectivity index (χ1n) is 34.3. The second kappa shape index (κ2) is 69.0. The molecule has 85 heavy (non-hydrogen) atoms. The Hall–Kier alpha value is -4.11. The Kier molecular flexibility index (Phi) is 65.7. The number of carbonyl (C=O) groups is 2. The number of hydrogen-bond acceptors (Lipinski definition) is 8. The van der Waals surface area contributed by atoms with Crippen LogP contribution in [0.15, 0.2) is 146 Å². The largest absolute Gasteiger partial charge is 0.472 e. The first kappa shape index (κ1) is 80.9. The van der Waals surface area contributed by atoms with Gasteiger partial charge >= 0.3 is 19.8 Å². The Bertz CT molecular complexity index is 1900. The average molecular weight is 1200 g/mol. The highest BCUT2D eigenvalue weighted by molar-refractivity contribution is 7.47. The minimum absolute atomic E-state index is 0.0446. The van der Waals surface area contributed by atoms with Crippen LogP contribution in [0.2, 0.25) is 0 Å². The van der Waals surface area contributed by atoms with Gasteiger partial charge in [0, 0.05) is 19.4 Å². The van der Waals surface area contributed by atoms with Gasteiger partial charge in [-0.2, -0.15) is 0 Å². The molecule has 0 fully saturated rings. The maximum atomic E-state index is 12.8. The first-order valence-corrected chi connectivity index (χ1v) is 35.8. The molecule has 0 bridgehead atoms. The minimum atomic E-state index is -4.41.